The predicted molar refractivity (Wildman–Crippen MR) is 80.7 cm³/mol. The molecule has 1 N–H and O–H groups in total. The minimum absolute atomic E-state index is 0.820. The average molecular weight is 267 g/mol. The molecule has 0 atom stereocenters. The minimum Gasteiger partial charge on any atom is -0.497 e. The standard InChI is InChI=1S/C15H25NOS/c1-13(2)5-4-10-16-11-12-18-15-8-6-14(17-3)7-9-15/h6-9,13,16H,4-5,10-12H2,1-3H3. The van der Waals surface area contributed by atoms with Gasteiger partial charge in [-0.25, -0.2) is 0 Å². The lowest BCUT2D eigenvalue weighted by Gasteiger charge is -2.07. The van der Waals surface area contributed by atoms with Gasteiger partial charge >= 0.3 is 0 Å². The quantitative estimate of drug-likeness (QED) is 0.543. The SMILES string of the molecule is COc1ccc(SCCNCCCC(C)C)cc1. The van der Waals surface area contributed by atoms with Crippen LogP contribution in [0.15, 0.2) is 29.2 Å². The van der Waals surface area contributed by atoms with Gasteiger partial charge in [-0.15, -0.1) is 11.8 Å². The number of methoxy groups -OCH3 is 1. The minimum atomic E-state index is 0.820. The van der Waals surface area contributed by atoms with Crippen LogP contribution in [0, 0.1) is 5.92 Å². The van der Waals surface area contributed by atoms with Crippen LogP contribution in [-0.4, -0.2) is 26.0 Å². The second kappa shape index (κ2) is 9.29. The van der Waals surface area contributed by atoms with E-state index in [-0.39, 0.29) is 0 Å². The third-order valence-electron chi connectivity index (χ3n) is 2.74. The molecule has 0 aliphatic rings. The first kappa shape index (κ1) is 15.4. The van der Waals surface area contributed by atoms with Crippen LogP contribution in [0.5, 0.6) is 5.75 Å². The molecule has 0 bridgehead atoms. The Kier molecular flexibility index (Phi) is 7.94. The molecule has 2 nitrogen and oxygen atoms in total. The lowest BCUT2D eigenvalue weighted by atomic mass is 10.1. The topological polar surface area (TPSA) is 21.3 Å². The molecule has 102 valence electrons. The first-order valence-electron chi connectivity index (χ1n) is 6.70. The van der Waals surface area contributed by atoms with Crippen LogP contribution in [0.2, 0.25) is 0 Å². The molecule has 1 rings (SSSR count). The molecule has 0 saturated carbocycles. The molecular formula is C15H25NOS. The van der Waals surface area contributed by atoms with Crippen LogP contribution in [0.4, 0.5) is 0 Å². The zero-order valence-corrected chi connectivity index (χ0v) is 12.6. The maximum Gasteiger partial charge on any atom is 0.118 e. The third kappa shape index (κ3) is 6.92. The van der Waals surface area contributed by atoms with Gasteiger partial charge in [0, 0.05) is 17.2 Å². The highest BCUT2D eigenvalue weighted by Crippen LogP contribution is 2.20. The van der Waals surface area contributed by atoms with Gasteiger partial charge in [0.25, 0.3) is 0 Å². The molecule has 3 heteroatoms. The molecule has 0 amide bonds. The summed E-state index contributed by atoms with van der Waals surface area (Å²) in [6.45, 7) is 6.77. The number of benzene rings is 1. The first-order valence-corrected chi connectivity index (χ1v) is 7.68. The van der Waals surface area contributed by atoms with Gasteiger partial charge in [-0.3, -0.25) is 0 Å². The van der Waals surface area contributed by atoms with Crippen molar-refractivity contribution >= 4 is 11.8 Å². The van der Waals surface area contributed by atoms with Gasteiger partial charge in [-0.1, -0.05) is 13.8 Å². The zero-order chi connectivity index (χ0) is 13.2. The van der Waals surface area contributed by atoms with Crippen LogP contribution in [0.25, 0.3) is 0 Å². The summed E-state index contributed by atoms with van der Waals surface area (Å²) in [7, 11) is 1.70. The summed E-state index contributed by atoms with van der Waals surface area (Å²) < 4.78 is 5.14. The summed E-state index contributed by atoms with van der Waals surface area (Å²) in [6, 6.07) is 8.25. The van der Waals surface area contributed by atoms with Crippen molar-refractivity contribution in [3.8, 4) is 5.75 Å². The fraction of sp³-hybridized carbons (Fsp3) is 0.600. The molecule has 0 aliphatic heterocycles. The molecule has 1 aromatic rings. The van der Waals surface area contributed by atoms with Crippen molar-refractivity contribution in [3.05, 3.63) is 24.3 Å². The van der Waals surface area contributed by atoms with E-state index in [4.69, 9.17) is 4.74 Å². The number of thioether (sulfide) groups is 1. The maximum absolute atomic E-state index is 5.14. The van der Waals surface area contributed by atoms with E-state index in [0.717, 1.165) is 30.5 Å². The van der Waals surface area contributed by atoms with Crippen molar-refractivity contribution in [1.29, 1.82) is 0 Å². The second-order valence-corrected chi connectivity index (χ2v) is 5.98. The molecule has 1 aromatic carbocycles. The van der Waals surface area contributed by atoms with Gasteiger partial charge in [-0.2, -0.15) is 0 Å². The molecule has 0 saturated heterocycles. The smallest absolute Gasteiger partial charge is 0.118 e. The van der Waals surface area contributed by atoms with E-state index < -0.39 is 0 Å². The van der Waals surface area contributed by atoms with Crippen molar-refractivity contribution < 1.29 is 4.74 Å². The van der Waals surface area contributed by atoms with Crippen LogP contribution < -0.4 is 10.1 Å². The summed E-state index contributed by atoms with van der Waals surface area (Å²) in [5.41, 5.74) is 0. The fourth-order valence-corrected chi connectivity index (χ4v) is 2.48. The van der Waals surface area contributed by atoms with E-state index in [1.807, 2.05) is 23.9 Å². The highest BCUT2D eigenvalue weighted by molar-refractivity contribution is 7.99. The lowest BCUT2D eigenvalue weighted by Crippen LogP contribution is -2.18. The lowest BCUT2D eigenvalue weighted by molar-refractivity contribution is 0.414. The summed E-state index contributed by atoms with van der Waals surface area (Å²) in [6.07, 6.45) is 2.60. The Hall–Kier alpha value is -0.670. The van der Waals surface area contributed by atoms with Gasteiger partial charge < -0.3 is 10.1 Å². The molecule has 18 heavy (non-hydrogen) atoms. The summed E-state index contributed by atoms with van der Waals surface area (Å²) in [4.78, 5) is 1.31. The number of rotatable bonds is 9. The van der Waals surface area contributed by atoms with Crippen LogP contribution in [-0.2, 0) is 0 Å². The monoisotopic (exact) mass is 267 g/mol. The molecule has 0 heterocycles. The van der Waals surface area contributed by atoms with Crippen LogP contribution >= 0.6 is 11.8 Å². The Morgan fingerprint density at radius 3 is 2.50 bits per heavy atom. The fourth-order valence-electron chi connectivity index (χ4n) is 1.67. The molecule has 0 spiro atoms. The van der Waals surface area contributed by atoms with Crippen LogP contribution in [0.3, 0.4) is 0 Å². The van der Waals surface area contributed by atoms with Crippen molar-refractivity contribution in [3.63, 3.8) is 0 Å². The molecule has 0 aromatic heterocycles. The van der Waals surface area contributed by atoms with E-state index in [0.29, 0.717) is 0 Å². The Bertz CT molecular complexity index is 311. The van der Waals surface area contributed by atoms with E-state index in [1.165, 1.54) is 17.7 Å². The van der Waals surface area contributed by atoms with E-state index in [2.05, 4.69) is 31.3 Å². The van der Waals surface area contributed by atoms with E-state index in [9.17, 15) is 0 Å². The Labute approximate surface area is 116 Å². The molecule has 0 fully saturated rings. The highest BCUT2D eigenvalue weighted by atomic mass is 32.2. The first-order chi connectivity index (χ1) is 8.72. The molecule has 0 unspecified atom stereocenters. The largest absolute Gasteiger partial charge is 0.497 e. The normalized spacial score (nSPS) is 10.9. The van der Waals surface area contributed by atoms with Gasteiger partial charge in [0.2, 0.25) is 0 Å². The Balaban J connectivity index is 2.03. The Morgan fingerprint density at radius 1 is 1.17 bits per heavy atom. The zero-order valence-electron chi connectivity index (χ0n) is 11.7. The van der Waals surface area contributed by atoms with Gasteiger partial charge in [0.05, 0.1) is 7.11 Å². The van der Waals surface area contributed by atoms with Crippen molar-refractivity contribution in [2.24, 2.45) is 5.92 Å². The number of ether oxygens (including phenoxy) is 1. The second-order valence-electron chi connectivity index (χ2n) is 4.81. The molecule has 0 aliphatic carbocycles. The Morgan fingerprint density at radius 2 is 1.89 bits per heavy atom. The van der Waals surface area contributed by atoms with Gasteiger partial charge in [0.15, 0.2) is 0 Å². The third-order valence-corrected chi connectivity index (χ3v) is 3.76. The number of nitrogens with one attached hydrogen (secondary N) is 1. The summed E-state index contributed by atoms with van der Waals surface area (Å²) in [5, 5.41) is 3.49. The van der Waals surface area contributed by atoms with Crippen molar-refractivity contribution in [2.45, 2.75) is 31.6 Å². The van der Waals surface area contributed by atoms with Gasteiger partial charge in [0.1, 0.15) is 5.75 Å². The predicted octanol–water partition coefficient (Wildman–Crippen LogP) is 3.81. The maximum atomic E-state index is 5.14. The van der Waals surface area contributed by atoms with Crippen LogP contribution in [0.1, 0.15) is 26.7 Å². The highest BCUT2D eigenvalue weighted by Gasteiger charge is 1.96. The molecule has 0 radical (unpaired) electrons. The van der Waals surface area contributed by atoms with Gasteiger partial charge in [-0.05, 0) is 49.6 Å². The molecular weight excluding hydrogens is 242 g/mol. The number of hydrogen-bond acceptors (Lipinski definition) is 3. The van der Waals surface area contributed by atoms with Crippen molar-refractivity contribution in [2.75, 3.05) is 26.0 Å². The van der Waals surface area contributed by atoms with E-state index in [1.54, 1.807) is 7.11 Å². The van der Waals surface area contributed by atoms with E-state index >= 15 is 0 Å². The van der Waals surface area contributed by atoms with Crippen molar-refractivity contribution in [1.82, 2.24) is 5.32 Å². The summed E-state index contributed by atoms with van der Waals surface area (Å²) >= 11 is 1.89. The summed E-state index contributed by atoms with van der Waals surface area (Å²) in [5.74, 6) is 2.86. The number of hydrogen-bond donors (Lipinski definition) is 1. The average Bonchev–Trinajstić information content (AvgIpc) is 2.38.